The molecule has 23 heavy (non-hydrogen) atoms. The Labute approximate surface area is 132 Å². The van der Waals surface area contributed by atoms with E-state index in [0.717, 1.165) is 6.26 Å². The zero-order chi connectivity index (χ0) is 16.6. The minimum Gasteiger partial charge on any atom is -0.367 e. The van der Waals surface area contributed by atoms with Crippen LogP contribution in [0.25, 0.3) is 22.4 Å². The smallest absolute Gasteiger partial charge is 0.230 e. The Hall–Kier alpha value is -2.67. The second-order valence-electron chi connectivity index (χ2n) is 5.07. The molecule has 0 saturated carbocycles. The highest BCUT2D eigenvalue weighted by Crippen LogP contribution is 2.36. The number of benzene rings is 2. The molecule has 7 heteroatoms. The first-order valence-electron chi connectivity index (χ1n) is 6.68. The highest BCUT2D eigenvalue weighted by molar-refractivity contribution is 7.90. The van der Waals surface area contributed by atoms with Crippen LogP contribution in [0.5, 0.6) is 0 Å². The molecule has 0 fully saturated rings. The average molecular weight is 332 g/mol. The lowest BCUT2D eigenvalue weighted by atomic mass is 10.0. The summed E-state index contributed by atoms with van der Waals surface area (Å²) in [4.78, 5) is 0.209. The van der Waals surface area contributed by atoms with Gasteiger partial charge in [0.15, 0.2) is 9.84 Å². The second kappa shape index (κ2) is 5.51. The number of nitrogens with two attached hydrogens (primary N) is 1. The van der Waals surface area contributed by atoms with Crippen LogP contribution in [0, 0.1) is 5.82 Å². The molecular weight excluding hydrogens is 319 g/mol. The summed E-state index contributed by atoms with van der Waals surface area (Å²) in [6, 6.07) is 12.0. The van der Waals surface area contributed by atoms with Crippen LogP contribution in [0.3, 0.4) is 0 Å². The number of hydrogen-bond donors (Lipinski definition) is 1. The Balaban J connectivity index is 2.10. The third kappa shape index (κ3) is 2.95. The number of nitrogens with zero attached hydrogens (tertiary/aromatic N) is 1. The van der Waals surface area contributed by atoms with Crippen LogP contribution in [-0.4, -0.2) is 19.8 Å². The van der Waals surface area contributed by atoms with Crippen molar-refractivity contribution in [2.45, 2.75) is 4.90 Å². The van der Waals surface area contributed by atoms with E-state index in [4.69, 9.17) is 10.3 Å². The molecule has 0 saturated heterocycles. The summed E-state index contributed by atoms with van der Waals surface area (Å²) in [5.74, 6) is -0.248. The zero-order valence-electron chi connectivity index (χ0n) is 12.2. The lowest BCUT2D eigenvalue weighted by Gasteiger charge is -2.04. The van der Waals surface area contributed by atoms with Crippen LogP contribution < -0.4 is 5.73 Å². The fraction of sp³-hybridized carbons (Fsp3) is 0.0625. The highest BCUT2D eigenvalue weighted by atomic mass is 32.2. The predicted molar refractivity (Wildman–Crippen MR) is 84.9 cm³/mol. The molecule has 0 aliphatic rings. The van der Waals surface area contributed by atoms with E-state index in [1.165, 1.54) is 24.3 Å². The quantitative estimate of drug-likeness (QED) is 0.796. The molecule has 1 heterocycles. The second-order valence-corrected chi connectivity index (χ2v) is 7.09. The molecule has 118 valence electrons. The lowest BCUT2D eigenvalue weighted by molar-refractivity contribution is 0.439. The van der Waals surface area contributed by atoms with Gasteiger partial charge in [-0.15, -0.1) is 0 Å². The van der Waals surface area contributed by atoms with Gasteiger partial charge in [-0.05, 0) is 29.8 Å². The van der Waals surface area contributed by atoms with E-state index in [1.54, 1.807) is 24.3 Å². The van der Waals surface area contributed by atoms with Gasteiger partial charge in [-0.25, -0.2) is 12.8 Å². The van der Waals surface area contributed by atoms with Gasteiger partial charge in [-0.1, -0.05) is 29.4 Å². The van der Waals surface area contributed by atoms with E-state index in [2.05, 4.69) is 5.16 Å². The first-order valence-corrected chi connectivity index (χ1v) is 8.57. The summed E-state index contributed by atoms with van der Waals surface area (Å²) in [5.41, 5.74) is 8.14. The Morgan fingerprint density at radius 2 is 1.57 bits per heavy atom. The van der Waals surface area contributed by atoms with Crippen molar-refractivity contribution >= 4 is 15.7 Å². The minimum absolute atomic E-state index is 0.110. The van der Waals surface area contributed by atoms with Crippen molar-refractivity contribution in [3.63, 3.8) is 0 Å². The maximum absolute atomic E-state index is 13.1. The normalized spacial score (nSPS) is 11.6. The summed E-state index contributed by atoms with van der Waals surface area (Å²) >= 11 is 0. The predicted octanol–water partition coefficient (Wildman–Crippen LogP) is 3.13. The van der Waals surface area contributed by atoms with Gasteiger partial charge in [-0.2, -0.15) is 0 Å². The van der Waals surface area contributed by atoms with Gasteiger partial charge in [0, 0.05) is 11.8 Å². The van der Waals surface area contributed by atoms with E-state index in [9.17, 15) is 12.8 Å². The van der Waals surface area contributed by atoms with Gasteiger partial charge in [0.25, 0.3) is 0 Å². The van der Waals surface area contributed by atoms with E-state index in [1.807, 2.05) is 0 Å². The number of sulfone groups is 1. The first-order chi connectivity index (χ1) is 10.9. The minimum atomic E-state index is -3.27. The summed E-state index contributed by atoms with van der Waals surface area (Å²) in [7, 11) is -3.27. The molecule has 0 spiro atoms. The molecule has 0 aliphatic heterocycles. The van der Waals surface area contributed by atoms with Crippen molar-refractivity contribution < 1.29 is 17.3 Å². The molecule has 3 rings (SSSR count). The lowest BCUT2D eigenvalue weighted by Crippen LogP contribution is -1.96. The maximum Gasteiger partial charge on any atom is 0.230 e. The van der Waals surface area contributed by atoms with Crippen molar-refractivity contribution in [3.8, 4) is 22.4 Å². The van der Waals surface area contributed by atoms with Gasteiger partial charge in [0.2, 0.25) is 5.88 Å². The number of nitrogen functional groups attached to an aromatic ring is 1. The molecule has 2 N–H and O–H groups in total. The summed E-state index contributed by atoms with van der Waals surface area (Å²) < 4.78 is 41.2. The van der Waals surface area contributed by atoms with Crippen molar-refractivity contribution in [3.05, 3.63) is 54.3 Å². The highest BCUT2D eigenvalue weighted by Gasteiger charge is 2.18. The average Bonchev–Trinajstić information content (AvgIpc) is 2.89. The molecule has 3 aromatic rings. The molecule has 2 aromatic carbocycles. The fourth-order valence-electron chi connectivity index (χ4n) is 2.26. The Morgan fingerprint density at radius 1 is 1.00 bits per heavy atom. The fourth-order valence-corrected chi connectivity index (χ4v) is 2.89. The van der Waals surface area contributed by atoms with Crippen LogP contribution in [-0.2, 0) is 9.84 Å². The van der Waals surface area contributed by atoms with E-state index < -0.39 is 9.84 Å². The topological polar surface area (TPSA) is 86.2 Å². The summed E-state index contributed by atoms with van der Waals surface area (Å²) in [6.45, 7) is 0. The largest absolute Gasteiger partial charge is 0.367 e. The molecule has 0 unspecified atom stereocenters. The third-order valence-corrected chi connectivity index (χ3v) is 4.54. The molecule has 0 aliphatic carbocycles. The Kier molecular flexibility index (Phi) is 3.65. The van der Waals surface area contributed by atoms with Gasteiger partial charge in [0.05, 0.1) is 10.5 Å². The number of hydrogen-bond acceptors (Lipinski definition) is 5. The van der Waals surface area contributed by atoms with Gasteiger partial charge in [0.1, 0.15) is 11.5 Å². The van der Waals surface area contributed by atoms with Gasteiger partial charge >= 0.3 is 0 Å². The molecular formula is C16H13FN2O3S. The van der Waals surface area contributed by atoms with Crippen molar-refractivity contribution in [2.24, 2.45) is 0 Å². The number of rotatable bonds is 3. The van der Waals surface area contributed by atoms with Crippen LogP contribution in [0.2, 0.25) is 0 Å². The summed E-state index contributed by atoms with van der Waals surface area (Å²) in [6.07, 6.45) is 1.14. The first kappa shape index (κ1) is 15.2. The molecule has 0 atom stereocenters. The SMILES string of the molecule is CS(=O)(=O)c1ccc(-c2noc(N)c2-c2ccc(F)cc2)cc1. The molecule has 0 amide bonds. The van der Waals surface area contributed by atoms with Crippen LogP contribution >= 0.6 is 0 Å². The van der Waals surface area contributed by atoms with Crippen molar-refractivity contribution in [1.82, 2.24) is 5.16 Å². The Morgan fingerprint density at radius 3 is 2.13 bits per heavy atom. The van der Waals surface area contributed by atoms with Crippen LogP contribution in [0.15, 0.2) is 57.9 Å². The number of halogens is 1. The number of anilines is 1. The van der Waals surface area contributed by atoms with E-state index in [0.29, 0.717) is 22.4 Å². The van der Waals surface area contributed by atoms with Crippen LogP contribution in [0.1, 0.15) is 0 Å². The molecule has 5 nitrogen and oxygen atoms in total. The van der Waals surface area contributed by atoms with Crippen LogP contribution in [0.4, 0.5) is 10.3 Å². The number of aromatic nitrogens is 1. The molecule has 0 bridgehead atoms. The molecule has 0 radical (unpaired) electrons. The maximum atomic E-state index is 13.1. The van der Waals surface area contributed by atoms with Gasteiger partial charge < -0.3 is 10.3 Å². The van der Waals surface area contributed by atoms with Gasteiger partial charge in [-0.3, -0.25) is 0 Å². The van der Waals surface area contributed by atoms with Crippen molar-refractivity contribution in [1.29, 1.82) is 0 Å². The van der Waals surface area contributed by atoms with E-state index in [-0.39, 0.29) is 16.6 Å². The standard InChI is InChI=1S/C16H13FN2O3S/c1-23(20,21)13-8-4-11(5-9-13)15-14(16(18)22-19-15)10-2-6-12(17)7-3-10/h2-9H,18H2,1H3. The molecule has 1 aromatic heterocycles. The Bertz CT molecular complexity index is 946. The zero-order valence-corrected chi connectivity index (χ0v) is 13.0. The van der Waals surface area contributed by atoms with E-state index >= 15 is 0 Å². The third-order valence-electron chi connectivity index (χ3n) is 3.41. The van der Waals surface area contributed by atoms with Crippen molar-refractivity contribution in [2.75, 3.05) is 12.0 Å². The summed E-state index contributed by atoms with van der Waals surface area (Å²) in [5, 5.41) is 3.93. The monoisotopic (exact) mass is 332 g/mol.